The molecule has 3 aliphatic rings. The van der Waals surface area contributed by atoms with Crippen LogP contribution in [0.3, 0.4) is 0 Å². The van der Waals surface area contributed by atoms with Crippen molar-refractivity contribution < 1.29 is 58.3 Å². The Morgan fingerprint density at radius 3 is 1.04 bits per heavy atom. The largest absolute Gasteiger partial charge is 0.508 e. The quantitative estimate of drug-likeness (QED) is 0.0164. The lowest BCUT2D eigenvalue weighted by Crippen LogP contribution is -2.29. The van der Waals surface area contributed by atoms with E-state index < -0.39 is 23.8 Å². The zero-order valence-electron chi connectivity index (χ0n) is 38.6. The number of aliphatic hydroxyl groups is 1. The molecule has 378 valence electrons. The molecule has 0 bridgehead atoms. The summed E-state index contributed by atoms with van der Waals surface area (Å²) in [7, 11) is 4.11. The molecule has 18 nitrogen and oxygen atoms in total. The number of hydrogen-bond acceptors (Lipinski definition) is 16. The Kier molecular flexibility index (Phi) is 21.1. The maximum atomic E-state index is 12.3. The fourth-order valence-corrected chi connectivity index (χ4v) is 7.33. The SMILES string of the molecule is CO.COc1ccc(N)c(Cl)c1.COc1ccc(N2C(=O)c3ccccc3C2=O)c(Cl)c1.NN.Nc1ccc(O)cc1Cl.O=C1OC(=O)c2ccccc21.O=C1c2ccccc2C(=O)N1c1ccc(O)cc1Cl. The minimum atomic E-state index is -0.550. The van der Waals surface area contributed by atoms with Crippen LogP contribution in [0.1, 0.15) is 62.1 Å². The number of rotatable bonds is 4. The lowest BCUT2D eigenvalue weighted by atomic mass is 10.1. The summed E-state index contributed by atoms with van der Waals surface area (Å²) in [5.74, 6) is 6.75. The van der Waals surface area contributed by atoms with Gasteiger partial charge in [-0.15, -0.1) is 0 Å². The number of aromatic hydroxyl groups is 2. The molecule has 3 heterocycles. The third-order valence-corrected chi connectivity index (χ3v) is 11.2. The van der Waals surface area contributed by atoms with Gasteiger partial charge in [-0.1, -0.05) is 82.8 Å². The minimum absolute atomic E-state index is 0.0228. The number of phenols is 2. The van der Waals surface area contributed by atoms with E-state index in [1.807, 2.05) is 0 Å². The molecule has 4 amide bonds. The van der Waals surface area contributed by atoms with Crippen LogP contribution >= 0.6 is 46.4 Å². The Morgan fingerprint density at radius 2 is 0.712 bits per heavy atom. The number of nitrogens with zero attached hydrogens (tertiary/aromatic N) is 2. The van der Waals surface area contributed by atoms with Crippen LogP contribution in [0.25, 0.3) is 0 Å². The molecule has 0 saturated carbocycles. The molecule has 0 atom stereocenters. The Hall–Kier alpha value is -8.20. The van der Waals surface area contributed by atoms with Crippen molar-refractivity contribution in [3.63, 3.8) is 0 Å². The van der Waals surface area contributed by atoms with Crippen molar-refractivity contribution >= 4 is 105 Å². The third kappa shape index (κ3) is 13.8. The van der Waals surface area contributed by atoms with E-state index in [4.69, 9.17) is 77.6 Å². The van der Waals surface area contributed by atoms with E-state index >= 15 is 0 Å². The molecular weight excluding hydrogens is 1030 g/mol. The first-order valence-corrected chi connectivity index (χ1v) is 22.2. The number of hydrogen-bond donors (Lipinski definition) is 7. The van der Waals surface area contributed by atoms with Gasteiger partial charge in [0.15, 0.2) is 0 Å². The first-order valence-electron chi connectivity index (χ1n) is 20.7. The van der Waals surface area contributed by atoms with Crippen molar-refractivity contribution in [1.82, 2.24) is 0 Å². The second-order valence-corrected chi connectivity index (χ2v) is 15.9. The molecule has 7 aromatic rings. The van der Waals surface area contributed by atoms with Crippen molar-refractivity contribution in [1.29, 1.82) is 0 Å². The number of nitrogens with two attached hydrogens (primary N) is 4. The van der Waals surface area contributed by atoms with Gasteiger partial charge in [-0.2, -0.15) is 0 Å². The van der Waals surface area contributed by atoms with E-state index in [1.54, 1.807) is 122 Å². The molecule has 0 unspecified atom stereocenters. The highest BCUT2D eigenvalue weighted by Crippen LogP contribution is 2.37. The van der Waals surface area contributed by atoms with Crippen LogP contribution in [0.5, 0.6) is 23.0 Å². The summed E-state index contributed by atoms with van der Waals surface area (Å²) in [5, 5.41) is 26.5. The molecule has 0 radical (unpaired) electrons. The summed E-state index contributed by atoms with van der Waals surface area (Å²) in [4.78, 5) is 72.9. The Labute approximate surface area is 437 Å². The number of esters is 2. The summed E-state index contributed by atoms with van der Waals surface area (Å²) >= 11 is 23.3. The number of ether oxygens (including phenoxy) is 3. The number of carbonyl (C=O) groups is 6. The topological polar surface area (TPSA) is 301 Å². The number of amides is 4. The normalized spacial score (nSPS) is 12.1. The monoisotopic (exact) mass is 1070 g/mol. The molecular formula is C51H44Cl4N6O12. The van der Waals surface area contributed by atoms with Gasteiger partial charge in [0, 0.05) is 31.4 Å². The van der Waals surface area contributed by atoms with Crippen molar-refractivity contribution in [3.05, 3.63) is 199 Å². The first-order chi connectivity index (χ1) is 34.9. The average Bonchev–Trinajstić information content (AvgIpc) is 3.94. The maximum absolute atomic E-state index is 12.3. The minimum Gasteiger partial charge on any atom is -0.508 e. The van der Waals surface area contributed by atoms with Crippen molar-refractivity contribution in [2.24, 2.45) is 11.7 Å². The first kappa shape index (κ1) is 57.4. The Bertz CT molecular complexity index is 3080. The standard InChI is InChI=1S/C15H10ClNO3.C14H8ClNO3.C8H4O3.C7H8ClNO.C6H6ClNO.CH4O.H4N2/c1-20-9-6-7-13(12(16)8-9)17-14(18)10-4-2-3-5-11(10)15(17)19;15-11-7-8(17)5-6-12(11)16-13(18)9-3-1-2-4-10(9)14(16)19;9-7-5-3-1-2-4-6(5)8(10)11-7;1-10-5-2-3-7(9)6(8)4-5;7-5-3-4(9)1-2-6(5)8;2*1-2/h2-8H,1H3;1-7,17H;1-4H;2-4H,9H2,1H3;1-3,9H,8H2;2H,1H3;1-2H2. The molecule has 0 fully saturated rings. The van der Waals surface area contributed by atoms with E-state index in [0.717, 1.165) is 22.7 Å². The van der Waals surface area contributed by atoms with Crippen LogP contribution in [0.2, 0.25) is 20.1 Å². The molecule has 0 aliphatic carbocycles. The van der Waals surface area contributed by atoms with Gasteiger partial charge in [0.2, 0.25) is 0 Å². The molecule has 10 rings (SSSR count). The van der Waals surface area contributed by atoms with Gasteiger partial charge in [-0.3, -0.25) is 30.9 Å². The van der Waals surface area contributed by atoms with Crippen molar-refractivity contribution in [2.75, 3.05) is 42.6 Å². The number of fused-ring (bicyclic) bond motifs is 3. The summed E-state index contributed by atoms with van der Waals surface area (Å²) in [5.41, 5.74) is 14.7. The fraction of sp³-hybridized carbons (Fsp3) is 0.0588. The number of carbonyl (C=O) groups excluding carboxylic acids is 6. The number of halogens is 4. The predicted molar refractivity (Wildman–Crippen MR) is 279 cm³/mol. The van der Waals surface area contributed by atoms with E-state index in [9.17, 15) is 33.9 Å². The van der Waals surface area contributed by atoms with Crippen molar-refractivity contribution in [3.8, 4) is 23.0 Å². The van der Waals surface area contributed by atoms with Gasteiger partial charge < -0.3 is 41.0 Å². The van der Waals surface area contributed by atoms with Crippen LogP contribution < -0.4 is 42.4 Å². The van der Waals surface area contributed by atoms with Crippen LogP contribution in [0.4, 0.5) is 22.7 Å². The summed E-state index contributed by atoms with van der Waals surface area (Å²) in [6.45, 7) is 0. The Balaban J connectivity index is 0.000000201. The number of benzene rings is 7. The zero-order chi connectivity index (χ0) is 54.1. The number of cyclic esters (lactones) is 2. The molecule has 3 aliphatic heterocycles. The van der Waals surface area contributed by atoms with Crippen LogP contribution in [-0.2, 0) is 4.74 Å². The lowest BCUT2D eigenvalue weighted by Gasteiger charge is -2.16. The number of anilines is 4. The van der Waals surface area contributed by atoms with E-state index in [0.29, 0.717) is 71.3 Å². The van der Waals surface area contributed by atoms with Gasteiger partial charge in [0.25, 0.3) is 23.6 Å². The highest BCUT2D eigenvalue weighted by molar-refractivity contribution is 6.41. The predicted octanol–water partition coefficient (Wildman–Crippen LogP) is 8.98. The number of phenolic OH excluding ortho intramolecular Hbond substituents is 2. The van der Waals surface area contributed by atoms with Gasteiger partial charge >= 0.3 is 11.9 Å². The molecule has 0 aromatic heterocycles. The number of aliphatic hydroxyl groups excluding tert-OH is 1. The molecule has 22 heteroatoms. The molecule has 73 heavy (non-hydrogen) atoms. The van der Waals surface area contributed by atoms with Crippen LogP contribution in [-0.4, -0.2) is 72.2 Å². The highest BCUT2D eigenvalue weighted by Gasteiger charge is 2.38. The maximum Gasteiger partial charge on any atom is 0.346 e. The van der Waals surface area contributed by atoms with Crippen LogP contribution in [0, 0.1) is 0 Å². The van der Waals surface area contributed by atoms with Gasteiger partial charge in [0.05, 0.1) is 90.4 Å². The second-order valence-electron chi connectivity index (χ2n) is 14.3. The second kappa shape index (κ2) is 26.9. The lowest BCUT2D eigenvalue weighted by molar-refractivity contribution is 0.0442. The average molecular weight is 1070 g/mol. The van der Waals surface area contributed by atoms with E-state index in [2.05, 4.69) is 16.4 Å². The molecule has 0 spiro atoms. The van der Waals surface area contributed by atoms with Gasteiger partial charge in [-0.05, 0) is 84.9 Å². The molecule has 11 N–H and O–H groups in total. The van der Waals surface area contributed by atoms with E-state index in [-0.39, 0.29) is 34.0 Å². The number of hydrazine groups is 1. The number of imide groups is 2. The molecule has 7 aromatic carbocycles. The van der Waals surface area contributed by atoms with Crippen LogP contribution in [0.15, 0.2) is 146 Å². The third-order valence-electron chi connectivity index (χ3n) is 9.90. The van der Waals surface area contributed by atoms with Gasteiger partial charge in [-0.25, -0.2) is 19.4 Å². The smallest absolute Gasteiger partial charge is 0.346 e. The number of methoxy groups -OCH3 is 2. The Morgan fingerprint density at radius 1 is 0.425 bits per heavy atom. The van der Waals surface area contributed by atoms with E-state index in [1.165, 1.54) is 37.4 Å². The highest BCUT2D eigenvalue weighted by atomic mass is 35.5. The molecule has 0 saturated heterocycles. The summed E-state index contributed by atoms with van der Waals surface area (Å²) < 4.78 is 14.3. The van der Waals surface area contributed by atoms with Crippen molar-refractivity contribution in [2.45, 2.75) is 0 Å². The van der Waals surface area contributed by atoms with Gasteiger partial charge in [0.1, 0.15) is 23.0 Å². The summed E-state index contributed by atoms with van der Waals surface area (Å²) in [6.07, 6.45) is 0. The fourth-order valence-electron chi connectivity index (χ4n) is 6.47. The number of nitrogen functional groups attached to an aromatic ring is 2. The summed E-state index contributed by atoms with van der Waals surface area (Å²) in [6, 6.07) is 38.4. The zero-order valence-corrected chi connectivity index (χ0v) is 41.6.